The first-order valence-corrected chi connectivity index (χ1v) is 4.36. The summed E-state index contributed by atoms with van der Waals surface area (Å²) in [5.74, 6) is 0.751. The SMILES string of the molecule is [2H][C@H](c1ccc(OC)cc1)[C@H](C)CO. The predicted molar refractivity (Wildman–Crippen MR) is 52.9 cm³/mol. The Kier molecular flexibility index (Phi) is 3.21. The molecule has 0 fully saturated rings. The van der Waals surface area contributed by atoms with E-state index in [4.69, 9.17) is 11.2 Å². The molecule has 1 aromatic rings. The fraction of sp³-hybridized carbons (Fsp3) is 0.455. The van der Waals surface area contributed by atoms with Gasteiger partial charge < -0.3 is 9.84 Å². The van der Waals surface area contributed by atoms with E-state index in [0.717, 1.165) is 11.3 Å². The Morgan fingerprint density at radius 2 is 2.08 bits per heavy atom. The molecule has 2 atom stereocenters. The monoisotopic (exact) mass is 181 g/mol. The minimum absolute atomic E-state index is 0.0385. The molecule has 1 N–H and O–H groups in total. The second-order valence-electron chi connectivity index (χ2n) is 3.10. The van der Waals surface area contributed by atoms with Crippen LogP contribution in [-0.4, -0.2) is 18.8 Å². The van der Waals surface area contributed by atoms with Crippen molar-refractivity contribution < 1.29 is 11.2 Å². The summed E-state index contributed by atoms with van der Waals surface area (Å²) in [6, 6.07) is 7.40. The Morgan fingerprint density at radius 1 is 1.46 bits per heavy atom. The summed E-state index contributed by atoms with van der Waals surface area (Å²) in [6.07, 6.45) is -0.370. The van der Waals surface area contributed by atoms with E-state index in [1.807, 2.05) is 31.2 Å². The van der Waals surface area contributed by atoms with Gasteiger partial charge in [0.05, 0.1) is 7.11 Å². The van der Waals surface area contributed by atoms with Gasteiger partial charge in [0.1, 0.15) is 5.75 Å². The molecule has 0 aliphatic heterocycles. The third-order valence-corrected chi connectivity index (χ3v) is 1.88. The summed E-state index contributed by atoms with van der Waals surface area (Å²) >= 11 is 0. The average molecular weight is 181 g/mol. The zero-order chi connectivity index (χ0) is 10.6. The van der Waals surface area contributed by atoms with E-state index in [0.29, 0.717) is 0 Å². The highest BCUT2D eigenvalue weighted by molar-refractivity contribution is 5.27. The van der Waals surface area contributed by atoms with Crippen molar-refractivity contribution in [2.75, 3.05) is 13.7 Å². The summed E-state index contributed by atoms with van der Waals surface area (Å²) in [4.78, 5) is 0. The van der Waals surface area contributed by atoms with Gasteiger partial charge in [-0.2, -0.15) is 0 Å². The number of aliphatic hydroxyl groups excluding tert-OH is 1. The van der Waals surface area contributed by atoms with E-state index < -0.39 is 0 Å². The van der Waals surface area contributed by atoms with Gasteiger partial charge in [-0.05, 0) is 30.0 Å². The molecular weight excluding hydrogens is 164 g/mol. The molecule has 0 saturated heterocycles. The number of ether oxygens (including phenoxy) is 1. The van der Waals surface area contributed by atoms with Gasteiger partial charge in [-0.25, -0.2) is 0 Å². The molecule has 0 aliphatic rings. The van der Waals surface area contributed by atoms with Crippen LogP contribution >= 0.6 is 0 Å². The molecule has 1 aromatic carbocycles. The summed E-state index contributed by atoms with van der Waals surface area (Å²) in [5.41, 5.74) is 0.910. The lowest BCUT2D eigenvalue weighted by Gasteiger charge is -2.07. The summed E-state index contributed by atoms with van der Waals surface area (Å²) < 4.78 is 12.9. The molecule has 2 heteroatoms. The highest BCUT2D eigenvalue weighted by Gasteiger charge is 2.01. The van der Waals surface area contributed by atoms with Crippen LogP contribution in [-0.2, 0) is 6.40 Å². The quantitative estimate of drug-likeness (QED) is 0.768. The van der Waals surface area contributed by atoms with Crippen LogP contribution in [0.15, 0.2) is 24.3 Å². The first kappa shape index (κ1) is 8.57. The van der Waals surface area contributed by atoms with Crippen LogP contribution < -0.4 is 4.74 Å². The Balaban J connectivity index is 2.75. The Bertz CT molecular complexity index is 271. The normalized spacial score (nSPS) is 16.1. The topological polar surface area (TPSA) is 29.5 Å². The van der Waals surface area contributed by atoms with Crippen molar-refractivity contribution in [2.45, 2.75) is 13.3 Å². The zero-order valence-corrected chi connectivity index (χ0v) is 8.03. The first-order valence-electron chi connectivity index (χ1n) is 4.93. The van der Waals surface area contributed by atoms with E-state index in [1.54, 1.807) is 7.11 Å². The molecular formula is C11H16O2. The molecule has 0 saturated carbocycles. The number of hydrogen-bond acceptors (Lipinski definition) is 2. The number of benzene rings is 1. The van der Waals surface area contributed by atoms with Gasteiger partial charge in [0.2, 0.25) is 0 Å². The Morgan fingerprint density at radius 3 is 2.54 bits per heavy atom. The lowest BCUT2D eigenvalue weighted by atomic mass is 10.0. The second kappa shape index (κ2) is 4.87. The van der Waals surface area contributed by atoms with Gasteiger partial charge in [-0.15, -0.1) is 0 Å². The third kappa shape index (κ3) is 3.07. The Labute approximate surface area is 80.6 Å². The van der Waals surface area contributed by atoms with E-state index in [-0.39, 0.29) is 18.9 Å². The molecule has 0 spiro atoms. The van der Waals surface area contributed by atoms with Gasteiger partial charge in [-0.1, -0.05) is 19.1 Å². The van der Waals surface area contributed by atoms with Crippen LogP contribution in [0.1, 0.15) is 13.9 Å². The first-order chi connectivity index (χ1) is 6.69. The van der Waals surface area contributed by atoms with Crippen LogP contribution in [0.3, 0.4) is 0 Å². The number of aliphatic hydroxyl groups is 1. The maximum Gasteiger partial charge on any atom is 0.118 e. The van der Waals surface area contributed by atoms with Crippen molar-refractivity contribution in [3.8, 4) is 5.75 Å². The van der Waals surface area contributed by atoms with Crippen molar-refractivity contribution in [2.24, 2.45) is 5.92 Å². The predicted octanol–water partition coefficient (Wildman–Crippen LogP) is 1.87. The average Bonchev–Trinajstić information content (AvgIpc) is 2.27. The van der Waals surface area contributed by atoms with Crippen LogP contribution in [0.2, 0.25) is 0 Å². The highest BCUT2D eigenvalue weighted by Crippen LogP contribution is 2.14. The molecule has 0 unspecified atom stereocenters. The molecule has 0 amide bonds. The summed E-state index contributed by atoms with van der Waals surface area (Å²) in [6.45, 7) is 1.90. The molecule has 72 valence electrons. The van der Waals surface area contributed by atoms with Crippen molar-refractivity contribution in [3.05, 3.63) is 29.8 Å². The highest BCUT2D eigenvalue weighted by atomic mass is 16.5. The lowest BCUT2D eigenvalue weighted by molar-refractivity contribution is 0.237. The van der Waals surface area contributed by atoms with E-state index in [9.17, 15) is 0 Å². The molecule has 0 heterocycles. The van der Waals surface area contributed by atoms with Crippen LogP contribution in [0, 0.1) is 5.92 Å². The smallest absolute Gasteiger partial charge is 0.118 e. The molecule has 0 radical (unpaired) electrons. The fourth-order valence-corrected chi connectivity index (χ4v) is 1.10. The van der Waals surface area contributed by atoms with E-state index in [1.165, 1.54) is 0 Å². The summed E-state index contributed by atoms with van der Waals surface area (Å²) in [7, 11) is 1.61. The second-order valence-corrected chi connectivity index (χ2v) is 3.10. The van der Waals surface area contributed by atoms with Gasteiger partial charge in [-0.3, -0.25) is 0 Å². The van der Waals surface area contributed by atoms with E-state index >= 15 is 0 Å². The molecule has 0 aliphatic carbocycles. The minimum Gasteiger partial charge on any atom is -0.497 e. The van der Waals surface area contributed by atoms with E-state index in [2.05, 4.69) is 0 Å². The third-order valence-electron chi connectivity index (χ3n) is 1.88. The largest absolute Gasteiger partial charge is 0.497 e. The van der Waals surface area contributed by atoms with Gasteiger partial charge in [0, 0.05) is 7.98 Å². The maximum atomic E-state index is 8.92. The number of rotatable bonds is 4. The number of hydrogen-bond donors (Lipinski definition) is 1. The minimum atomic E-state index is -0.370. The van der Waals surface area contributed by atoms with Crippen molar-refractivity contribution in [1.82, 2.24) is 0 Å². The molecule has 0 aromatic heterocycles. The Hall–Kier alpha value is -1.02. The molecule has 0 bridgehead atoms. The lowest BCUT2D eigenvalue weighted by Crippen LogP contribution is -2.04. The molecule has 1 rings (SSSR count). The standard InChI is InChI=1S/C11H16O2/c1-9(8-12)7-10-3-5-11(13-2)6-4-10/h3-6,9,12H,7-8H2,1-2H3/t9-/m0/s1/i7D/t7-,9-. The number of methoxy groups -OCH3 is 1. The van der Waals surface area contributed by atoms with Crippen molar-refractivity contribution in [1.29, 1.82) is 0 Å². The summed E-state index contributed by atoms with van der Waals surface area (Å²) in [5, 5.41) is 8.92. The molecule has 2 nitrogen and oxygen atoms in total. The van der Waals surface area contributed by atoms with Crippen LogP contribution in [0.5, 0.6) is 5.75 Å². The van der Waals surface area contributed by atoms with Gasteiger partial charge in [0.15, 0.2) is 0 Å². The van der Waals surface area contributed by atoms with Crippen molar-refractivity contribution >= 4 is 0 Å². The maximum absolute atomic E-state index is 8.92. The zero-order valence-electron chi connectivity index (χ0n) is 9.03. The molecule has 13 heavy (non-hydrogen) atoms. The van der Waals surface area contributed by atoms with Crippen molar-refractivity contribution in [3.63, 3.8) is 0 Å². The van der Waals surface area contributed by atoms with Crippen LogP contribution in [0.25, 0.3) is 0 Å². The fourth-order valence-electron chi connectivity index (χ4n) is 1.10. The van der Waals surface area contributed by atoms with Gasteiger partial charge >= 0.3 is 0 Å². The van der Waals surface area contributed by atoms with Crippen LogP contribution in [0.4, 0.5) is 0 Å². The van der Waals surface area contributed by atoms with Gasteiger partial charge in [0.25, 0.3) is 0 Å².